The molecule has 0 amide bonds. The first kappa shape index (κ1) is 21.2. The van der Waals surface area contributed by atoms with Crippen LogP contribution in [0.2, 0.25) is 0 Å². The molecule has 0 N–H and O–H groups in total. The standard InChI is InChI=1S/C22H23FN4O3S/c1-16-13-17(2)15-20(14-16)31(29,30)26-11-9-25(10-12-26)21-7-8-22(28)27(24-21)19-5-3-18(23)4-6-19/h3-8,13-15H,9-12H2,1-2H3. The van der Waals surface area contributed by atoms with E-state index in [0.29, 0.717) is 42.6 Å². The first-order valence-electron chi connectivity index (χ1n) is 9.94. The summed E-state index contributed by atoms with van der Waals surface area (Å²) in [5.74, 6) is 0.168. The molecule has 31 heavy (non-hydrogen) atoms. The molecule has 1 saturated heterocycles. The van der Waals surface area contributed by atoms with Crippen LogP contribution in [0, 0.1) is 19.7 Å². The fraction of sp³-hybridized carbons (Fsp3) is 0.273. The Morgan fingerprint density at radius 3 is 2.10 bits per heavy atom. The van der Waals surface area contributed by atoms with Crippen molar-refractivity contribution >= 4 is 15.8 Å². The Kier molecular flexibility index (Phi) is 5.63. The van der Waals surface area contributed by atoms with E-state index < -0.39 is 15.8 Å². The first-order valence-corrected chi connectivity index (χ1v) is 11.4. The number of nitrogens with zero attached hydrogens (tertiary/aromatic N) is 4. The second kappa shape index (κ2) is 8.24. The smallest absolute Gasteiger partial charge is 0.271 e. The molecular weight excluding hydrogens is 419 g/mol. The van der Waals surface area contributed by atoms with Crippen LogP contribution in [0.15, 0.2) is 64.3 Å². The minimum atomic E-state index is -3.58. The molecule has 2 heterocycles. The molecule has 3 aromatic rings. The fourth-order valence-electron chi connectivity index (χ4n) is 3.73. The molecule has 2 aromatic carbocycles. The molecule has 1 fully saturated rings. The van der Waals surface area contributed by atoms with Crippen molar-refractivity contribution < 1.29 is 12.8 Å². The largest absolute Gasteiger partial charge is 0.353 e. The van der Waals surface area contributed by atoms with E-state index in [1.165, 1.54) is 39.3 Å². The van der Waals surface area contributed by atoms with Crippen molar-refractivity contribution in [2.24, 2.45) is 0 Å². The van der Waals surface area contributed by atoms with Crippen molar-refractivity contribution in [3.63, 3.8) is 0 Å². The molecule has 0 unspecified atom stereocenters. The molecule has 0 spiro atoms. The molecule has 7 nitrogen and oxygen atoms in total. The van der Waals surface area contributed by atoms with Crippen LogP contribution in [0.4, 0.5) is 10.2 Å². The number of hydrogen-bond donors (Lipinski definition) is 0. The van der Waals surface area contributed by atoms with E-state index in [0.717, 1.165) is 11.1 Å². The Bertz CT molecular complexity index is 1240. The lowest BCUT2D eigenvalue weighted by atomic mass is 10.2. The number of hydrogen-bond acceptors (Lipinski definition) is 5. The molecule has 9 heteroatoms. The zero-order valence-electron chi connectivity index (χ0n) is 17.3. The van der Waals surface area contributed by atoms with Gasteiger partial charge in [0.15, 0.2) is 0 Å². The highest BCUT2D eigenvalue weighted by atomic mass is 32.2. The second-order valence-corrected chi connectivity index (χ2v) is 9.57. The van der Waals surface area contributed by atoms with Gasteiger partial charge in [0.2, 0.25) is 10.0 Å². The van der Waals surface area contributed by atoms with Crippen LogP contribution in [0.25, 0.3) is 5.69 Å². The Morgan fingerprint density at radius 1 is 0.871 bits per heavy atom. The van der Waals surface area contributed by atoms with Gasteiger partial charge >= 0.3 is 0 Å². The number of anilines is 1. The molecule has 162 valence electrons. The topological polar surface area (TPSA) is 75.5 Å². The monoisotopic (exact) mass is 442 g/mol. The van der Waals surface area contributed by atoms with Gasteiger partial charge in [-0.2, -0.15) is 8.99 Å². The summed E-state index contributed by atoms with van der Waals surface area (Å²) in [5.41, 5.74) is 1.95. The minimum Gasteiger partial charge on any atom is -0.353 e. The van der Waals surface area contributed by atoms with E-state index in [1.54, 1.807) is 18.2 Å². The van der Waals surface area contributed by atoms with Crippen molar-refractivity contribution in [2.75, 3.05) is 31.1 Å². The van der Waals surface area contributed by atoms with Gasteiger partial charge in [0.1, 0.15) is 11.6 Å². The van der Waals surface area contributed by atoms with Crippen molar-refractivity contribution in [3.8, 4) is 5.69 Å². The van der Waals surface area contributed by atoms with E-state index in [9.17, 15) is 17.6 Å². The zero-order chi connectivity index (χ0) is 22.2. The molecule has 0 atom stereocenters. The Labute approximate surface area is 180 Å². The van der Waals surface area contributed by atoms with Gasteiger partial charge in [0.05, 0.1) is 10.6 Å². The normalized spacial score (nSPS) is 15.3. The lowest BCUT2D eigenvalue weighted by Crippen LogP contribution is -2.49. The number of aryl methyl sites for hydroxylation is 2. The zero-order valence-corrected chi connectivity index (χ0v) is 18.1. The van der Waals surface area contributed by atoms with E-state index in [2.05, 4.69) is 5.10 Å². The Balaban J connectivity index is 1.53. The summed E-state index contributed by atoms with van der Waals surface area (Å²) in [6, 6.07) is 13.9. The van der Waals surface area contributed by atoms with Crippen LogP contribution < -0.4 is 10.5 Å². The Morgan fingerprint density at radius 2 is 1.48 bits per heavy atom. The number of piperazine rings is 1. The van der Waals surface area contributed by atoms with Gasteiger partial charge in [-0.15, -0.1) is 5.10 Å². The van der Waals surface area contributed by atoms with Gasteiger partial charge in [-0.25, -0.2) is 12.8 Å². The van der Waals surface area contributed by atoms with Gasteiger partial charge in [-0.3, -0.25) is 4.79 Å². The highest BCUT2D eigenvalue weighted by molar-refractivity contribution is 7.89. The van der Waals surface area contributed by atoms with Crippen molar-refractivity contribution in [1.82, 2.24) is 14.1 Å². The van der Waals surface area contributed by atoms with Crippen LogP contribution in [0.5, 0.6) is 0 Å². The quantitative estimate of drug-likeness (QED) is 0.621. The molecule has 1 aromatic heterocycles. The molecule has 0 saturated carbocycles. The van der Waals surface area contributed by atoms with Crippen LogP contribution >= 0.6 is 0 Å². The maximum absolute atomic E-state index is 13.2. The molecule has 0 bridgehead atoms. The SMILES string of the molecule is Cc1cc(C)cc(S(=O)(=O)N2CCN(c3ccc(=O)n(-c4ccc(F)cc4)n3)CC2)c1. The van der Waals surface area contributed by atoms with Crippen molar-refractivity contribution in [2.45, 2.75) is 18.7 Å². The molecule has 0 radical (unpaired) electrons. The summed E-state index contributed by atoms with van der Waals surface area (Å²) in [6.45, 7) is 5.27. The van der Waals surface area contributed by atoms with Gasteiger partial charge in [-0.05, 0) is 67.4 Å². The number of sulfonamides is 1. The lowest BCUT2D eigenvalue weighted by Gasteiger charge is -2.34. The predicted molar refractivity (Wildman–Crippen MR) is 117 cm³/mol. The third-order valence-corrected chi connectivity index (χ3v) is 7.13. The minimum absolute atomic E-state index is 0.307. The summed E-state index contributed by atoms with van der Waals surface area (Å²) in [5, 5.41) is 4.40. The average Bonchev–Trinajstić information content (AvgIpc) is 2.74. The maximum Gasteiger partial charge on any atom is 0.271 e. The average molecular weight is 443 g/mol. The Hall–Kier alpha value is -3.04. The lowest BCUT2D eigenvalue weighted by molar-refractivity contribution is 0.383. The molecule has 4 rings (SSSR count). The third-order valence-electron chi connectivity index (χ3n) is 5.25. The van der Waals surface area contributed by atoms with E-state index in [-0.39, 0.29) is 5.56 Å². The van der Waals surface area contributed by atoms with Crippen LogP contribution in [-0.4, -0.2) is 48.7 Å². The van der Waals surface area contributed by atoms with Gasteiger partial charge in [0, 0.05) is 32.2 Å². The van der Waals surface area contributed by atoms with Crippen molar-refractivity contribution in [1.29, 1.82) is 0 Å². The third kappa shape index (κ3) is 4.38. The summed E-state index contributed by atoms with van der Waals surface area (Å²) in [7, 11) is -3.58. The summed E-state index contributed by atoms with van der Waals surface area (Å²) >= 11 is 0. The summed E-state index contributed by atoms with van der Waals surface area (Å²) in [4.78, 5) is 14.5. The van der Waals surface area contributed by atoms with Gasteiger partial charge in [0.25, 0.3) is 5.56 Å². The van der Waals surface area contributed by atoms with Crippen LogP contribution in [0.1, 0.15) is 11.1 Å². The van der Waals surface area contributed by atoms with Gasteiger partial charge < -0.3 is 4.90 Å². The van der Waals surface area contributed by atoms with Crippen LogP contribution in [0.3, 0.4) is 0 Å². The fourth-order valence-corrected chi connectivity index (χ4v) is 5.34. The van der Waals surface area contributed by atoms with E-state index >= 15 is 0 Å². The second-order valence-electron chi connectivity index (χ2n) is 7.63. The van der Waals surface area contributed by atoms with Crippen molar-refractivity contribution in [3.05, 3.63) is 81.9 Å². The molecular formula is C22H23FN4O3S. The maximum atomic E-state index is 13.2. The van der Waals surface area contributed by atoms with E-state index in [1.807, 2.05) is 24.8 Å². The number of rotatable bonds is 4. The number of halogens is 1. The molecule has 1 aliphatic rings. The van der Waals surface area contributed by atoms with E-state index in [4.69, 9.17) is 0 Å². The summed E-state index contributed by atoms with van der Waals surface area (Å²) in [6.07, 6.45) is 0. The van der Waals surface area contributed by atoms with Crippen LogP contribution in [-0.2, 0) is 10.0 Å². The predicted octanol–water partition coefficient (Wildman–Crippen LogP) is 2.50. The highest BCUT2D eigenvalue weighted by Crippen LogP contribution is 2.22. The highest BCUT2D eigenvalue weighted by Gasteiger charge is 2.29. The summed E-state index contributed by atoms with van der Waals surface area (Å²) < 4.78 is 42.0. The number of aromatic nitrogens is 2. The number of benzene rings is 2. The first-order chi connectivity index (χ1) is 14.7. The van der Waals surface area contributed by atoms with Gasteiger partial charge in [-0.1, -0.05) is 6.07 Å². The molecule has 1 aliphatic heterocycles. The molecule has 0 aliphatic carbocycles.